The van der Waals surface area contributed by atoms with E-state index in [2.05, 4.69) is 15.3 Å². The van der Waals surface area contributed by atoms with Crippen LogP contribution in [-0.4, -0.2) is 75.5 Å². The molecule has 2 unspecified atom stereocenters. The summed E-state index contributed by atoms with van der Waals surface area (Å²) in [5.41, 5.74) is 0.614. The quantitative estimate of drug-likeness (QED) is 0.541. The molecule has 0 bridgehead atoms. The Morgan fingerprint density at radius 3 is 3.05 bits per heavy atom. The first kappa shape index (κ1) is 15.3. The minimum atomic E-state index is -1.13. The summed E-state index contributed by atoms with van der Waals surface area (Å²) < 4.78 is 5.18. The summed E-state index contributed by atoms with van der Waals surface area (Å²) in [4.78, 5) is 31.4. The molecular formula is C12H18N4O5. The number of aromatic nitrogens is 2. The summed E-state index contributed by atoms with van der Waals surface area (Å²) in [5, 5.41) is 20.9. The molecule has 1 saturated heterocycles. The number of imidazole rings is 1. The molecule has 1 aromatic heterocycles. The average molecular weight is 298 g/mol. The van der Waals surface area contributed by atoms with E-state index in [1.165, 1.54) is 17.4 Å². The number of rotatable bonds is 5. The third-order valence-electron chi connectivity index (χ3n) is 3.27. The van der Waals surface area contributed by atoms with E-state index >= 15 is 0 Å². The molecular weight excluding hydrogens is 280 g/mol. The van der Waals surface area contributed by atoms with Gasteiger partial charge in [-0.25, -0.2) is 14.6 Å². The molecule has 4 N–H and O–H groups in total. The highest BCUT2D eigenvalue weighted by Gasteiger charge is 2.30. The lowest BCUT2D eigenvalue weighted by atomic mass is 10.1. The van der Waals surface area contributed by atoms with Gasteiger partial charge < -0.3 is 30.2 Å². The zero-order valence-corrected chi connectivity index (χ0v) is 11.4. The van der Waals surface area contributed by atoms with E-state index in [-0.39, 0.29) is 19.6 Å². The van der Waals surface area contributed by atoms with Crippen LogP contribution >= 0.6 is 0 Å². The molecule has 2 atom stereocenters. The highest BCUT2D eigenvalue weighted by atomic mass is 16.5. The van der Waals surface area contributed by atoms with Gasteiger partial charge >= 0.3 is 12.0 Å². The van der Waals surface area contributed by atoms with Crippen LogP contribution < -0.4 is 5.32 Å². The fourth-order valence-corrected chi connectivity index (χ4v) is 2.12. The number of aliphatic hydroxyl groups is 1. The van der Waals surface area contributed by atoms with Crippen LogP contribution in [0.2, 0.25) is 0 Å². The number of hydrogen-bond donors (Lipinski definition) is 4. The molecule has 21 heavy (non-hydrogen) atoms. The lowest BCUT2D eigenvalue weighted by Crippen LogP contribution is -2.57. The van der Waals surface area contributed by atoms with E-state index in [1.54, 1.807) is 0 Å². The Hall–Kier alpha value is -2.13. The lowest BCUT2D eigenvalue weighted by molar-refractivity contribution is -0.139. The van der Waals surface area contributed by atoms with E-state index in [0.717, 1.165) is 0 Å². The zero-order chi connectivity index (χ0) is 15.2. The SMILES string of the molecule is O=C(O)C(Cc1cnc[nH]1)NC(=O)N1CCOCC1CO. The predicted molar refractivity (Wildman–Crippen MR) is 70.6 cm³/mol. The highest BCUT2D eigenvalue weighted by Crippen LogP contribution is 2.08. The fourth-order valence-electron chi connectivity index (χ4n) is 2.12. The van der Waals surface area contributed by atoms with Crippen LogP contribution in [0, 0.1) is 0 Å². The van der Waals surface area contributed by atoms with Crippen molar-refractivity contribution in [2.75, 3.05) is 26.4 Å². The Morgan fingerprint density at radius 2 is 2.43 bits per heavy atom. The number of carboxylic acid groups (broad SMARTS) is 1. The first-order valence-corrected chi connectivity index (χ1v) is 6.57. The molecule has 0 radical (unpaired) electrons. The van der Waals surface area contributed by atoms with Crippen LogP contribution in [0.4, 0.5) is 4.79 Å². The van der Waals surface area contributed by atoms with Crippen molar-refractivity contribution in [1.29, 1.82) is 0 Å². The number of nitrogens with one attached hydrogen (secondary N) is 2. The molecule has 2 heterocycles. The normalized spacial score (nSPS) is 20.0. The molecule has 0 saturated carbocycles. The van der Waals surface area contributed by atoms with Crippen LogP contribution in [0.15, 0.2) is 12.5 Å². The molecule has 9 heteroatoms. The summed E-state index contributed by atoms with van der Waals surface area (Å²) >= 11 is 0. The molecule has 1 aliphatic heterocycles. The number of carbonyl (C=O) groups is 2. The van der Waals surface area contributed by atoms with Crippen molar-refractivity contribution >= 4 is 12.0 Å². The monoisotopic (exact) mass is 298 g/mol. The van der Waals surface area contributed by atoms with Crippen LogP contribution in [-0.2, 0) is 16.0 Å². The van der Waals surface area contributed by atoms with Gasteiger partial charge in [0.1, 0.15) is 6.04 Å². The highest BCUT2D eigenvalue weighted by molar-refractivity contribution is 5.83. The molecule has 0 aromatic carbocycles. The van der Waals surface area contributed by atoms with Gasteiger partial charge in [0.15, 0.2) is 0 Å². The van der Waals surface area contributed by atoms with Crippen molar-refractivity contribution in [1.82, 2.24) is 20.2 Å². The van der Waals surface area contributed by atoms with Crippen molar-refractivity contribution in [3.8, 4) is 0 Å². The predicted octanol–water partition coefficient (Wildman–Crippen LogP) is -1.19. The number of hydrogen-bond acceptors (Lipinski definition) is 5. The van der Waals surface area contributed by atoms with Gasteiger partial charge in [-0.3, -0.25) is 0 Å². The molecule has 1 fully saturated rings. The van der Waals surface area contributed by atoms with E-state index in [1.807, 2.05) is 0 Å². The van der Waals surface area contributed by atoms with Crippen LogP contribution in [0.3, 0.4) is 0 Å². The Labute approximate surface area is 120 Å². The number of nitrogens with zero attached hydrogens (tertiary/aromatic N) is 2. The number of aliphatic carboxylic acids is 1. The Balaban J connectivity index is 1.98. The second-order valence-corrected chi connectivity index (χ2v) is 4.73. The minimum Gasteiger partial charge on any atom is -0.480 e. The number of carbonyl (C=O) groups excluding carboxylic acids is 1. The fraction of sp³-hybridized carbons (Fsp3) is 0.583. The van der Waals surface area contributed by atoms with Crippen LogP contribution in [0.25, 0.3) is 0 Å². The van der Waals surface area contributed by atoms with Gasteiger partial charge in [0.25, 0.3) is 0 Å². The molecule has 1 aromatic rings. The van der Waals surface area contributed by atoms with Gasteiger partial charge in [-0.2, -0.15) is 0 Å². The number of morpholine rings is 1. The summed E-state index contributed by atoms with van der Waals surface area (Å²) in [6, 6.07) is -2.05. The van der Waals surface area contributed by atoms with Crippen molar-refractivity contribution < 1.29 is 24.5 Å². The first-order valence-electron chi connectivity index (χ1n) is 6.57. The maximum atomic E-state index is 12.2. The Bertz CT molecular complexity index is 478. The van der Waals surface area contributed by atoms with Gasteiger partial charge in [0.2, 0.25) is 0 Å². The third-order valence-corrected chi connectivity index (χ3v) is 3.27. The van der Waals surface area contributed by atoms with Crippen molar-refractivity contribution in [2.45, 2.75) is 18.5 Å². The summed E-state index contributed by atoms with van der Waals surface area (Å²) in [6.07, 6.45) is 3.06. The summed E-state index contributed by atoms with van der Waals surface area (Å²) in [7, 11) is 0. The second kappa shape index (κ2) is 7.04. The van der Waals surface area contributed by atoms with E-state index in [4.69, 9.17) is 4.74 Å². The largest absolute Gasteiger partial charge is 0.480 e. The topological polar surface area (TPSA) is 128 Å². The Morgan fingerprint density at radius 1 is 1.62 bits per heavy atom. The number of ether oxygens (including phenoxy) is 1. The van der Waals surface area contributed by atoms with Crippen LogP contribution in [0.5, 0.6) is 0 Å². The number of aromatic amines is 1. The lowest BCUT2D eigenvalue weighted by Gasteiger charge is -2.35. The molecule has 2 amide bonds. The first-order chi connectivity index (χ1) is 10.1. The Kier molecular flexibility index (Phi) is 5.12. The number of aliphatic hydroxyl groups excluding tert-OH is 1. The van der Waals surface area contributed by atoms with Gasteiger partial charge in [-0.15, -0.1) is 0 Å². The summed E-state index contributed by atoms with van der Waals surface area (Å²) in [6.45, 7) is 0.684. The molecule has 0 spiro atoms. The standard InChI is InChI=1S/C12H18N4O5/c17-5-9-6-21-2-1-16(9)12(20)15-10(11(18)19)3-8-4-13-7-14-8/h4,7,9-10,17H,1-3,5-6H2,(H,13,14)(H,15,20)(H,18,19). The van der Waals surface area contributed by atoms with Gasteiger partial charge in [-0.1, -0.05) is 0 Å². The van der Waals surface area contributed by atoms with E-state index < -0.39 is 24.1 Å². The van der Waals surface area contributed by atoms with Crippen molar-refractivity contribution in [3.05, 3.63) is 18.2 Å². The van der Waals surface area contributed by atoms with Crippen molar-refractivity contribution in [3.63, 3.8) is 0 Å². The van der Waals surface area contributed by atoms with Gasteiger partial charge in [0.05, 0.1) is 32.2 Å². The molecule has 9 nitrogen and oxygen atoms in total. The second-order valence-electron chi connectivity index (χ2n) is 4.73. The summed E-state index contributed by atoms with van der Waals surface area (Å²) in [5.74, 6) is -1.13. The molecule has 2 rings (SSSR count). The third kappa shape index (κ3) is 3.92. The number of amides is 2. The number of carboxylic acids is 1. The van der Waals surface area contributed by atoms with Gasteiger partial charge in [-0.05, 0) is 0 Å². The minimum absolute atomic E-state index is 0.106. The van der Waals surface area contributed by atoms with Crippen molar-refractivity contribution in [2.24, 2.45) is 0 Å². The average Bonchev–Trinajstić information content (AvgIpc) is 2.99. The van der Waals surface area contributed by atoms with E-state index in [9.17, 15) is 19.8 Å². The smallest absolute Gasteiger partial charge is 0.326 e. The van der Waals surface area contributed by atoms with Crippen LogP contribution in [0.1, 0.15) is 5.69 Å². The maximum absolute atomic E-state index is 12.2. The zero-order valence-electron chi connectivity index (χ0n) is 11.4. The van der Waals surface area contributed by atoms with E-state index in [0.29, 0.717) is 18.8 Å². The number of urea groups is 1. The molecule has 0 aliphatic carbocycles. The number of H-pyrrole nitrogens is 1. The molecule has 1 aliphatic rings. The maximum Gasteiger partial charge on any atom is 0.326 e. The molecule has 116 valence electrons. The van der Waals surface area contributed by atoms with Gasteiger partial charge in [0, 0.05) is 24.9 Å².